The van der Waals surface area contributed by atoms with Crippen LogP contribution in [0.2, 0.25) is 0 Å². The molecule has 0 aliphatic heterocycles. The van der Waals surface area contributed by atoms with E-state index in [1.165, 1.54) is 6.08 Å². The van der Waals surface area contributed by atoms with Crippen molar-refractivity contribution in [3.8, 4) is 0 Å². The first kappa shape index (κ1) is 22.6. The standard InChI is InChI=1S/C27H28O4/c28-18-10-17-26(30-20-24-13-6-2-7-14-24)27(31-21-25-15-8-3-9-16-25)22-29-19-23-11-4-1-5-12-23/h1-18,26-27H,19-22H2/b17-10+/t26-,27+/m1/s1. The van der Waals surface area contributed by atoms with Gasteiger partial charge in [-0.25, -0.2) is 0 Å². The molecular formula is C27H28O4. The summed E-state index contributed by atoms with van der Waals surface area (Å²) in [6.07, 6.45) is 3.13. The van der Waals surface area contributed by atoms with Crippen LogP contribution in [0, 0.1) is 0 Å². The van der Waals surface area contributed by atoms with E-state index >= 15 is 0 Å². The third-order valence-corrected chi connectivity index (χ3v) is 4.73. The van der Waals surface area contributed by atoms with Crippen molar-refractivity contribution >= 4 is 6.29 Å². The fourth-order valence-electron chi connectivity index (χ4n) is 3.09. The first-order chi connectivity index (χ1) is 15.3. The van der Waals surface area contributed by atoms with Crippen molar-refractivity contribution in [1.29, 1.82) is 0 Å². The van der Waals surface area contributed by atoms with Crippen molar-refractivity contribution in [3.63, 3.8) is 0 Å². The normalized spacial score (nSPS) is 13.2. The van der Waals surface area contributed by atoms with Gasteiger partial charge in [0.15, 0.2) is 0 Å². The molecule has 0 N–H and O–H groups in total. The summed E-state index contributed by atoms with van der Waals surface area (Å²) in [7, 11) is 0. The predicted molar refractivity (Wildman–Crippen MR) is 121 cm³/mol. The van der Waals surface area contributed by atoms with Gasteiger partial charge < -0.3 is 14.2 Å². The van der Waals surface area contributed by atoms with Gasteiger partial charge in [-0.15, -0.1) is 0 Å². The van der Waals surface area contributed by atoms with Gasteiger partial charge in [0.2, 0.25) is 0 Å². The molecule has 0 heterocycles. The zero-order chi connectivity index (χ0) is 21.6. The average Bonchev–Trinajstić information content (AvgIpc) is 2.83. The Hall–Kier alpha value is -3.05. The van der Waals surface area contributed by atoms with Crippen molar-refractivity contribution in [2.45, 2.75) is 32.0 Å². The molecule has 0 saturated heterocycles. The van der Waals surface area contributed by atoms with Crippen LogP contribution in [0.1, 0.15) is 16.7 Å². The molecule has 0 aliphatic rings. The Bertz CT molecular complexity index is 894. The topological polar surface area (TPSA) is 44.8 Å². The van der Waals surface area contributed by atoms with Gasteiger partial charge in [0, 0.05) is 0 Å². The molecule has 3 rings (SSSR count). The molecule has 0 amide bonds. The predicted octanol–water partition coefficient (Wildman–Crippen LogP) is 5.13. The number of carbonyl (C=O) groups excluding carboxylic acids is 1. The van der Waals surface area contributed by atoms with Gasteiger partial charge in [-0.2, -0.15) is 0 Å². The minimum atomic E-state index is -0.426. The number of hydrogen-bond donors (Lipinski definition) is 0. The van der Waals surface area contributed by atoms with E-state index in [9.17, 15) is 4.79 Å². The Morgan fingerprint density at radius 3 is 1.65 bits per heavy atom. The molecule has 160 valence electrons. The zero-order valence-corrected chi connectivity index (χ0v) is 17.5. The second-order valence-electron chi connectivity index (χ2n) is 7.12. The SMILES string of the molecule is O=C/C=C/[C@@H](OCc1ccccc1)[C@H](COCc1ccccc1)OCc1ccccc1. The van der Waals surface area contributed by atoms with Crippen molar-refractivity contribution in [3.05, 3.63) is 120 Å². The molecule has 31 heavy (non-hydrogen) atoms. The fraction of sp³-hybridized carbons (Fsp3) is 0.222. The molecule has 0 aromatic heterocycles. The molecule has 0 fully saturated rings. The second kappa shape index (κ2) is 13.3. The van der Waals surface area contributed by atoms with Crippen LogP contribution in [0.15, 0.2) is 103 Å². The van der Waals surface area contributed by atoms with Gasteiger partial charge >= 0.3 is 0 Å². The monoisotopic (exact) mass is 416 g/mol. The molecule has 0 bridgehead atoms. The Labute approximate surface area is 184 Å². The highest BCUT2D eigenvalue weighted by atomic mass is 16.6. The van der Waals surface area contributed by atoms with E-state index in [1.54, 1.807) is 6.08 Å². The van der Waals surface area contributed by atoms with Crippen molar-refractivity contribution in [2.24, 2.45) is 0 Å². The van der Waals surface area contributed by atoms with Crippen LogP contribution in [-0.2, 0) is 38.8 Å². The maximum absolute atomic E-state index is 11.0. The summed E-state index contributed by atoms with van der Waals surface area (Å²) >= 11 is 0. The minimum absolute atomic E-state index is 0.338. The molecule has 3 aromatic carbocycles. The van der Waals surface area contributed by atoms with Crippen molar-refractivity contribution in [1.82, 2.24) is 0 Å². The first-order valence-electron chi connectivity index (χ1n) is 10.4. The van der Waals surface area contributed by atoms with Gasteiger partial charge in [-0.1, -0.05) is 91.0 Å². The van der Waals surface area contributed by atoms with Crippen LogP contribution < -0.4 is 0 Å². The minimum Gasteiger partial charge on any atom is -0.374 e. The molecule has 3 aromatic rings. The molecule has 2 atom stereocenters. The van der Waals surface area contributed by atoms with Crippen molar-refractivity contribution in [2.75, 3.05) is 6.61 Å². The third-order valence-electron chi connectivity index (χ3n) is 4.73. The lowest BCUT2D eigenvalue weighted by Crippen LogP contribution is -2.34. The summed E-state index contributed by atoms with van der Waals surface area (Å²) in [5, 5.41) is 0. The van der Waals surface area contributed by atoms with E-state index in [1.807, 2.05) is 91.0 Å². The summed E-state index contributed by atoms with van der Waals surface area (Å²) in [6, 6.07) is 29.9. The van der Waals surface area contributed by atoms with E-state index in [0.29, 0.717) is 26.4 Å². The molecule has 0 saturated carbocycles. The number of rotatable bonds is 13. The number of carbonyl (C=O) groups is 1. The van der Waals surface area contributed by atoms with Crippen LogP contribution in [0.25, 0.3) is 0 Å². The van der Waals surface area contributed by atoms with Crippen LogP contribution in [0.5, 0.6) is 0 Å². The summed E-state index contributed by atoms with van der Waals surface area (Å²) < 4.78 is 18.3. The molecule has 0 unspecified atom stereocenters. The van der Waals surface area contributed by atoms with Gasteiger partial charge in [0.05, 0.1) is 26.4 Å². The fourth-order valence-corrected chi connectivity index (χ4v) is 3.09. The van der Waals surface area contributed by atoms with Gasteiger partial charge in [-0.05, 0) is 28.8 Å². The molecule has 4 heteroatoms. The largest absolute Gasteiger partial charge is 0.374 e. The van der Waals surface area contributed by atoms with Crippen molar-refractivity contribution < 1.29 is 19.0 Å². The molecule has 0 radical (unpaired) electrons. The Morgan fingerprint density at radius 2 is 1.13 bits per heavy atom. The first-order valence-corrected chi connectivity index (χ1v) is 10.4. The van der Waals surface area contributed by atoms with Crippen LogP contribution in [0.4, 0.5) is 0 Å². The van der Waals surface area contributed by atoms with Gasteiger partial charge in [0.25, 0.3) is 0 Å². The van der Waals surface area contributed by atoms with Crippen LogP contribution in [-0.4, -0.2) is 25.1 Å². The van der Waals surface area contributed by atoms with E-state index in [0.717, 1.165) is 23.0 Å². The van der Waals surface area contributed by atoms with Gasteiger partial charge in [-0.3, -0.25) is 4.79 Å². The maximum atomic E-state index is 11.0. The Morgan fingerprint density at radius 1 is 0.645 bits per heavy atom. The molecule has 4 nitrogen and oxygen atoms in total. The summed E-state index contributed by atoms with van der Waals surface area (Å²) in [6.45, 7) is 1.66. The molecule has 0 spiro atoms. The van der Waals surface area contributed by atoms with E-state index in [-0.39, 0.29) is 6.10 Å². The lowest BCUT2D eigenvalue weighted by Gasteiger charge is -2.25. The second-order valence-corrected chi connectivity index (χ2v) is 7.12. The summed E-state index contributed by atoms with van der Waals surface area (Å²) in [5.41, 5.74) is 3.21. The highest BCUT2D eigenvalue weighted by Gasteiger charge is 2.22. The number of ether oxygens (including phenoxy) is 3. The van der Waals surface area contributed by atoms with Crippen LogP contribution >= 0.6 is 0 Å². The summed E-state index contributed by atoms with van der Waals surface area (Å²) in [5.74, 6) is 0. The van der Waals surface area contributed by atoms with E-state index < -0.39 is 6.10 Å². The lowest BCUT2D eigenvalue weighted by atomic mass is 10.1. The number of aldehydes is 1. The zero-order valence-electron chi connectivity index (χ0n) is 17.5. The van der Waals surface area contributed by atoms with E-state index in [2.05, 4.69) is 0 Å². The average molecular weight is 417 g/mol. The Kier molecular flexibility index (Phi) is 9.70. The quantitative estimate of drug-likeness (QED) is 0.286. The maximum Gasteiger partial charge on any atom is 0.142 e. The molecular weight excluding hydrogens is 388 g/mol. The van der Waals surface area contributed by atoms with E-state index in [4.69, 9.17) is 14.2 Å². The van der Waals surface area contributed by atoms with Gasteiger partial charge in [0.1, 0.15) is 18.5 Å². The number of allylic oxidation sites excluding steroid dienone is 1. The van der Waals surface area contributed by atoms with Crippen LogP contribution in [0.3, 0.4) is 0 Å². The smallest absolute Gasteiger partial charge is 0.142 e. The highest BCUT2D eigenvalue weighted by molar-refractivity contribution is 5.64. The number of benzene rings is 3. The third kappa shape index (κ3) is 8.30. The lowest BCUT2D eigenvalue weighted by molar-refractivity contribution is -0.105. The molecule has 0 aliphatic carbocycles. The number of hydrogen-bond acceptors (Lipinski definition) is 4. The summed E-state index contributed by atoms with van der Waals surface area (Å²) in [4.78, 5) is 11.0. The highest BCUT2D eigenvalue weighted by Crippen LogP contribution is 2.15. The Balaban J connectivity index is 1.67.